The Morgan fingerprint density at radius 2 is 1.56 bits per heavy atom. The lowest BCUT2D eigenvalue weighted by atomic mass is 9.96. The van der Waals surface area contributed by atoms with Crippen LogP contribution in [-0.2, 0) is 4.79 Å². The van der Waals surface area contributed by atoms with Gasteiger partial charge in [-0.25, -0.2) is 0 Å². The monoisotopic (exact) mass is 339 g/mol. The molecule has 0 heterocycles. The summed E-state index contributed by atoms with van der Waals surface area (Å²) in [5.74, 6) is 1.09. The molecule has 0 saturated carbocycles. The van der Waals surface area contributed by atoms with Gasteiger partial charge in [0.1, 0.15) is 5.75 Å². The van der Waals surface area contributed by atoms with Crippen LogP contribution in [0.1, 0.15) is 60.5 Å². The van der Waals surface area contributed by atoms with E-state index in [9.17, 15) is 4.79 Å². The highest BCUT2D eigenvalue weighted by molar-refractivity contribution is 5.78. The standard InChI is InChI=1S/C22H29NO2/c1-14(2)19-7-9-20(10-8-19)25-13-22(24)23-18(6)21-12-16(4)15(3)11-17(21)5/h7-12,14,18H,13H2,1-6H3,(H,23,24)/t18-/m1/s1. The zero-order valence-electron chi connectivity index (χ0n) is 16.1. The molecule has 1 atom stereocenters. The normalized spacial score (nSPS) is 12.1. The molecule has 0 aromatic heterocycles. The largest absolute Gasteiger partial charge is 0.484 e. The van der Waals surface area contributed by atoms with E-state index < -0.39 is 0 Å². The Balaban J connectivity index is 1.92. The number of benzene rings is 2. The van der Waals surface area contributed by atoms with Gasteiger partial charge in [-0.2, -0.15) is 0 Å². The van der Waals surface area contributed by atoms with Gasteiger partial charge in [0.05, 0.1) is 6.04 Å². The summed E-state index contributed by atoms with van der Waals surface area (Å²) in [4.78, 5) is 12.2. The van der Waals surface area contributed by atoms with Gasteiger partial charge < -0.3 is 10.1 Å². The van der Waals surface area contributed by atoms with E-state index in [1.165, 1.54) is 22.3 Å². The first-order valence-corrected chi connectivity index (χ1v) is 8.87. The molecule has 2 aromatic rings. The van der Waals surface area contributed by atoms with Gasteiger partial charge >= 0.3 is 0 Å². The van der Waals surface area contributed by atoms with Gasteiger partial charge in [0.25, 0.3) is 5.91 Å². The lowest BCUT2D eigenvalue weighted by molar-refractivity contribution is -0.123. The van der Waals surface area contributed by atoms with Gasteiger partial charge in [-0.3, -0.25) is 4.79 Å². The Hall–Kier alpha value is -2.29. The Kier molecular flexibility index (Phi) is 6.24. The summed E-state index contributed by atoms with van der Waals surface area (Å²) in [6, 6.07) is 12.2. The van der Waals surface area contributed by atoms with Gasteiger partial charge in [-0.1, -0.05) is 38.1 Å². The molecule has 134 valence electrons. The number of carbonyl (C=O) groups is 1. The summed E-state index contributed by atoms with van der Waals surface area (Å²) >= 11 is 0. The summed E-state index contributed by atoms with van der Waals surface area (Å²) in [6.07, 6.45) is 0. The van der Waals surface area contributed by atoms with Crippen LogP contribution in [0.3, 0.4) is 0 Å². The molecule has 2 rings (SSSR count). The molecular weight excluding hydrogens is 310 g/mol. The predicted octanol–water partition coefficient (Wildman–Crippen LogP) is 4.99. The maximum Gasteiger partial charge on any atom is 0.258 e. The van der Waals surface area contributed by atoms with Crippen LogP contribution in [0.4, 0.5) is 0 Å². The van der Waals surface area contributed by atoms with Crippen molar-refractivity contribution in [2.75, 3.05) is 6.61 Å². The molecule has 0 saturated heterocycles. The van der Waals surface area contributed by atoms with Crippen LogP contribution in [0.15, 0.2) is 36.4 Å². The van der Waals surface area contributed by atoms with Crippen LogP contribution >= 0.6 is 0 Å². The van der Waals surface area contributed by atoms with Crippen molar-refractivity contribution in [2.45, 2.75) is 53.5 Å². The van der Waals surface area contributed by atoms with Crippen LogP contribution in [0, 0.1) is 20.8 Å². The van der Waals surface area contributed by atoms with Crippen LogP contribution in [0.25, 0.3) is 0 Å². The van der Waals surface area contributed by atoms with Crippen molar-refractivity contribution in [3.63, 3.8) is 0 Å². The minimum absolute atomic E-state index is 0.0231. The molecule has 0 bridgehead atoms. The van der Waals surface area contributed by atoms with Crippen molar-refractivity contribution >= 4 is 5.91 Å². The highest BCUT2D eigenvalue weighted by atomic mass is 16.5. The fourth-order valence-corrected chi connectivity index (χ4v) is 2.91. The number of hydrogen-bond donors (Lipinski definition) is 1. The van der Waals surface area contributed by atoms with Gasteiger partial charge in [-0.05, 0) is 73.6 Å². The van der Waals surface area contributed by atoms with Crippen LogP contribution in [-0.4, -0.2) is 12.5 Å². The van der Waals surface area contributed by atoms with E-state index in [0.717, 1.165) is 11.3 Å². The average molecular weight is 339 g/mol. The number of carbonyl (C=O) groups excluding carboxylic acids is 1. The summed E-state index contributed by atoms with van der Waals surface area (Å²) in [7, 11) is 0. The molecule has 3 nitrogen and oxygen atoms in total. The first-order valence-electron chi connectivity index (χ1n) is 8.87. The second-order valence-electron chi connectivity index (χ2n) is 7.09. The zero-order chi connectivity index (χ0) is 18.6. The highest BCUT2D eigenvalue weighted by Crippen LogP contribution is 2.22. The minimum Gasteiger partial charge on any atom is -0.484 e. The molecule has 0 unspecified atom stereocenters. The van der Waals surface area contributed by atoms with Crippen molar-refractivity contribution in [1.82, 2.24) is 5.32 Å². The molecule has 1 N–H and O–H groups in total. The van der Waals surface area contributed by atoms with E-state index in [2.05, 4.69) is 52.1 Å². The maximum absolute atomic E-state index is 12.2. The molecule has 25 heavy (non-hydrogen) atoms. The molecule has 0 fully saturated rings. The van der Waals surface area contributed by atoms with E-state index in [4.69, 9.17) is 4.74 Å². The van der Waals surface area contributed by atoms with Gasteiger partial charge in [0, 0.05) is 0 Å². The second kappa shape index (κ2) is 8.19. The SMILES string of the molecule is Cc1cc(C)c([C@@H](C)NC(=O)COc2ccc(C(C)C)cc2)cc1C. The van der Waals surface area contributed by atoms with Crippen molar-refractivity contribution in [1.29, 1.82) is 0 Å². The van der Waals surface area contributed by atoms with Crippen molar-refractivity contribution in [3.8, 4) is 5.75 Å². The molecule has 0 aliphatic rings. The lowest BCUT2D eigenvalue weighted by Crippen LogP contribution is -2.31. The summed E-state index contributed by atoms with van der Waals surface area (Å²) in [5, 5.41) is 3.02. The Morgan fingerprint density at radius 1 is 0.960 bits per heavy atom. The van der Waals surface area contributed by atoms with Gasteiger partial charge in [0.2, 0.25) is 0 Å². The molecule has 3 heteroatoms. The Labute approximate surface area is 151 Å². The Morgan fingerprint density at radius 3 is 2.16 bits per heavy atom. The molecule has 2 aromatic carbocycles. The van der Waals surface area contributed by atoms with Crippen molar-refractivity contribution in [2.24, 2.45) is 0 Å². The molecule has 0 spiro atoms. The van der Waals surface area contributed by atoms with E-state index >= 15 is 0 Å². The third kappa shape index (κ3) is 5.09. The van der Waals surface area contributed by atoms with E-state index in [1.54, 1.807) is 0 Å². The number of hydrogen-bond acceptors (Lipinski definition) is 2. The maximum atomic E-state index is 12.2. The second-order valence-corrected chi connectivity index (χ2v) is 7.09. The minimum atomic E-state index is -0.113. The third-order valence-electron chi connectivity index (χ3n) is 4.64. The smallest absolute Gasteiger partial charge is 0.258 e. The van der Waals surface area contributed by atoms with Crippen LogP contribution in [0.2, 0.25) is 0 Å². The fourth-order valence-electron chi connectivity index (χ4n) is 2.91. The highest BCUT2D eigenvalue weighted by Gasteiger charge is 2.13. The number of nitrogens with one attached hydrogen (secondary N) is 1. The third-order valence-corrected chi connectivity index (χ3v) is 4.64. The quantitative estimate of drug-likeness (QED) is 0.805. The molecular formula is C22H29NO2. The number of aryl methyl sites for hydroxylation is 3. The first-order chi connectivity index (χ1) is 11.8. The van der Waals surface area contributed by atoms with Gasteiger partial charge in [0.15, 0.2) is 6.61 Å². The van der Waals surface area contributed by atoms with Crippen molar-refractivity contribution < 1.29 is 9.53 Å². The number of rotatable bonds is 6. The Bertz CT molecular complexity index is 732. The fraction of sp³-hybridized carbons (Fsp3) is 0.409. The molecule has 1 amide bonds. The predicted molar refractivity (Wildman–Crippen MR) is 103 cm³/mol. The summed E-state index contributed by atoms with van der Waals surface area (Å²) in [6.45, 7) is 12.6. The topological polar surface area (TPSA) is 38.3 Å². The summed E-state index contributed by atoms with van der Waals surface area (Å²) < 4.78 is 5.60. The number of amides is 1. The van der Waals surface area contributed by atoms with E-state index in [0.29, 0.717) is 5.92 Å². The molecule has 0 radical (unpaired) electrons. The summed E-state index contributed by atoms with van der Waals surface area (Å²) in [5.41, 5.74) is 6.12. The van der Waals surface area contributed by atoms with Gasteiger partial charge in [-0.15, -0.1) is 0 Å². The van der Waals surface area contributed by atoms with E-state index in [1.807, 2.05) is 31.2 Å². The van der Waals surface area contributed by atoms with Crippen LogP contribution < -0.4 is 10.1 Å². The lowest BCUT2D eigenvalue weighted by Gasteiger charge is -2.18. The van der Waals surface area contributed by atoms with Crippen molar-refractivity contribution in [3.05, 3.63) is 64.2 Å². The number of ether oxygens (including phenoxy) is 1. The average Bonchev–Trinajstić information content (AvgIpc) is 2.56. The molecule has 0 aliphatic heterocycles. The first kappa shape index (κ1) is 19.0. The van der Waals surface area contributed by atoms with Crippen LogP contribution in [0.5, 0.6) is 5.75 Å². The zero-order valence-corrected chi connectivity index (χ0v) is 16.1. The molecule has 0 aliphatic carbocycles. The van der Waals surface area contributed by atoms with E-state index in [-0.39, 0.29) is 18.6 Å².